The topological polar surface area (TPSA) is 103 Å². The molecule has 170 valence electrons. The first kappa shape index (κ1) is 21.9. The van der Waals surface area contributed by atoms with Gasteiger partial charge in [-0.3, -0.25) is 20.3 Å². The van der Waals surface area contributed by atoms with Crippen LogP contribution >= 0.6 is 11.8 Å². The Hall–Kier alpha value is -2.95. The predicted octanol–water partition coefficient (Wildman–Crippen LogP) is 3.25. The third-order valence-corrected chi connectivity index (χ3v) is 6.72. The zero-order valence-corrected chi connectivity index (χ0v) is 19.0. The van der Waals surface area contributed by atoms with Crippen LogP contribution in [-0.4, -0.2) is 56.7 Å². The van der Waals surface area contributed by atoms with Crippen LogP contribution in [0.4, 0.5) is 4.39 Å². The normalized spacial score (nSPS) is 20.5. The lowest BCUT2D eigenvalue weighted by Crippen LogP contribution is -2.41. The Kier molecular flexibility index (Phi) is 6.56. The van der Waals surface area contributed by atoms with Crippen molar-refractivity contribution in [2.24, 2.45) is 15.0 Å². The molecule has 0 spiro atoms. The monoisotopic (exact) mass is 464 g/mol. The van der Waals surface area contributed by atoms with Gasteiger partial charge in [0.15, 0.2) is 0 Å². The summed E-state index contributed by atoms with van der Waals surface area (Å²) in [4.78, 5) is 25.8. The summed E-state index contributed by atoms with van der Waals surface area (Å²) in [7, 11) is 0. The Morgan fingerprint density at radius 2 is 2.12 bits per heavy atom. The molecule has 2 aromatic heterocycles. The first-order valence-electron chi connectivity index (χ1n) is 11.0. The number of aliphatic imine (C=N–C) groups is 3. The minimum Gasteiger partial charge on any atom is -0.342 e. The van der Waals surface area contributed by atoms with Gasteiger partial charge in [0, 0.05) is 38.2 Å². The fraction of sp³-hybridized carbons (Fsp3) is 0.348. The van der Waals surface area contributed by atoms with Gasteiger partial charge in [0.2, 0.25) is 0 Å². The number of para-hydroxylation sites is 2. The predicted molar refractivity (Wildman–Crippen MR) is 132 cm³/mol. The molecule has 3 aromatic rings. The molecule has 3 N–H and O–H groups in total. The van der Waals surface area contributed by atoms with Gasteiger partial charge in [0.05, 0.1) is 21.8 Å². The van der Waals surface area contributed by atoms with E-state index in [1.807, 2.05) is 24.3 Å². The zero-order valence-electron chi connectivity index (χ0n) is 18.2. The Balaban J connectivity index is 1.11. The minimum atomic E-state index is -0.327. The molecule has 5 rings (SSSR count). The van der Waals surface area contributed by atoms with Gasteiger partial charge < -0.3 is 10.3 Å². The van der Waals surface area contributed by atoms with E-state index in [2.05, 4.69) is 42.5 Å². The number of pyridine rings is 1. The van der Waals surface area contributed by atoms with Crippen LogP contribution in [-0.2, 0) is 6.54 Å². The molecule has 1 aromatic carbocycles. The number of aromatic nitrogens is 3. The van der Waals surface area contributed by atoms with Crippen LogP contribution in [0.1, 0.15) is 30.8 Å². The van der Waals surface area contributed by atoms with Crippen LogP contribution in [0.2, 0.25) is 0 Å². The van der Waals surface area contributed by atoms with Crippen LogP contribution in [0.25, 0.3) is 11.0 Å². The van der Waals surface area contributed by atoms with Gasteiger partial charge in [-0.15, -0.1) is 0 Å². The molecule has 4 heterocycles. The lowest BCUT2D eigenvalue weighted by Gasteiger charge is -2.21. The van der Waals surface area contributed by atoms with E-state index in [-0.39, 0.29) is 30.5 Å². The van der Waals surface area contributed by atoms with Crippen molar-refractivity contribution in [3.63, 3.8) is 0 Å². The highest BCUT2D eigenvalue weighted by molar-refractivity contribution is 8.27. The van der Waals surface area contributed by atoms with E-state index in [9.17, 15) is 4.39 Å². The van der Waals surface area contributed by atoms with Crippen molar-refractivity contribution in [1.29, 1.82) is 0 Å². The van der Waals surface area contributed by atoms with Crippen molar-refractivity contribution in [1.82, 2.24) is 25.6 Å². The minimum absolute atomic E-state index is 0.170. The molecule has 3 atom stereocenters. The molecular weight excluding hydrogens is 439 g/mol. The maximum atomic E-state index is 13.9. The number of imidazole rings is 1. The number of halogens is 1. The zero-order chi connectivity index (χ0) is 22.6. The molecule has 10 heteroatoms. The third-order valence-electron chi connectivity index (χ3n) is 5.62. The van der Waals surface area contributed by atoms with E-state index in [0.29, 0.717) is 5.69 Å². The van der Waals surface area contributed by atoms with Crippen LogP contribution in [0.5, 0.6) is 0 Å². The highest BCUT2D eigenvalue weighted by atomic mass is 32.2. The third kappa shape index (κ3) is 5.02. The SMILES string of the molecule is C[C@H](CNCCC1=NC2C(=NC=NC2NCc2ncccc2F)S1)c1nc2ccccc2[nH]1. The van der Waals surface area contributed by atoms with Gasteiger partial charge in [0.25, 0.3) is 0 Å². The van der Waals surface area contributed by atoms with Crippen molar-refractivity contribution < 1.29 is 4.39 Å². The van der Waals surface area contributed by atoms with E-state index in [4.69, 9.17) is 4.99 Å². The number of hydrogen-bond acceptors (Lipinski definition) is 8. The Labute approximate surface area is 195 Å². The van der Waals surface area contributed by atoms with Gasteiger partial charge in [-0.1, -0.05) is 30.8 Å². The molecule has 2 aliphatic heterocycles. The summed E-state index contributed by atoms with van der Waals surface area (Å²) >= 11 is 1.60. The summed E-state index contributed by atoms with van der Waals surface area (Å²) in [5.41, 5.74) is 2.43. The Morgan fingerprint density at radius 1 is 1.21 bits per heavy atom. The van der Waals surface area contributed by atoms with E-state index in [1.54, 1.807) is 30.4 Å². The van der Waals surface area contributed by atoms with Crippen molar-refractivity contribution in [2.75, 3.05) is 13.1 Å². The molecular formula is C23H25FN8S. The fourth-order valence-corrected chi connectivity index (χ4v) is 4.83. The standard InChI is InChI=1S/C23H25FN8S/c1-14(21-30-16-6-2-3-7-17(16)31-21)11-25-10-8-19-32-20-22(28-13-29-23(20)33-19)27-12-18-15(24)5-4-9-26-18/h2-7,9,13-14,20,22,25,27H,8,10-12H2,1H3,(H,30,31)/t14-,20?,22?/m1/s1. The molecule has 0 saturated heterocycles. The van der Waals surface area contributed by atoms with Crippen LogP contribution in [0, 0.1) is 5.82 Å². The van der Waals surface area contributed by atoms with E-state index >= 15 is 0 Å². The van der Waals surface area contributed by atoms with E-state index < -0.39 is 0 Å². The summed E-state index contributed by atoms with van der Waals surface area (Å²) in [6, 6.07) is 10.9. The summed E-state index contributed by atoms with van der Waals surface area (Å²) in [6.45, 7) is 4.09. The molecule has 8 nitrogen and oxygen atoms in total. The molecule has 33 heavy (non-hydrogen) atoms. The molecule has 0 aliphatic carbocycles. The van der Waals surface area contributed by atoms with Crippen molar-refractivity contribution in [3.8, 4) is 0 Å². The quantitative estimate of drug-likeness (QED) is 0.422. The summed E-state index contributed by atoms with van der Waals surface area (Å²) in [6.07, 6.45) is 3.68. The number of nitrogens with one attached hydrogen (secondary N) is 3. The maximum absolute atomic E-state index is 13.9. The number of thioether (sulfide) groups is 1. The number of fused-ring (bicyclic) bond motifs is 2. The first-order valence-corrected chi connectivity index (χ1v) is 11.8. The van der Waals surface area contributed by atoms with E-state index in [0.717, 1.165) is 46.5 Å². The maximum Gasteiger partial charge on any atom is 0.146 e. The Morgan fingerprint density at radius 3 is 3.00 bits per heavy atom. The van der Waals surface area contributed by atoms with Crippen LogP contribution < -0.4 is 10.6 Å². The number of aromatic amines is 1. The van der Waals surface area contributed by atoms with Crippen molar-refractivity contribution in [2.45, 2.75) is 38.0 Å². The summed E-state index contributed by atoms with van der Waals surface area (Å²) < 4.78 is 13.9. The van der Waals surface area contributed by atoms with Gasteiger partial charge in [0.1, 0.15) is 35.2 Å². The molecule has 2 aliphatic rings. The average Bonchev–Trinajstić information content (AvgIpc) is 3.45. The van der Waals surface area contributed by atoms with Gasteiger partial charge in [-0.2, -0.15) is 0 Å². The smallest absolute Gasteiger partial charge is 0.146 e. The van der Waals surface area contributed by atoms with Gasteiger partial charge in [-0.05, 0) is 24.3 Å². The van der Waals surface area contributed by atoms with Crippen LogP contribution in [0.15, 0.2) is 57.6 Å². The van der Waals surface area contributed by atoms with E-state index in [1.165, 1.54) is 6.07 Å². The number of rotatable bonds is 9. The van der Waals surface area contributed by atoms with Gasteiger partial charge >= 0.3 is 0 Å². The largest absolute Gasteiger partial charge is 0.342 e. The summed E-state index contributed by atoms with van der Waals surface area (Å²) in [5.74, 6) is 0.940. The lowest BCUT2D eigenvalue weighted by molar-refractivity contribution is 0.485. The Bertz CT molecular complexity index is 1190. The second kappa shape index (κ2) is 9.90. The number of H-pyrrole nitrogens is 1. The number of nitrogens with zero attached hydrogens (tertiary/aromatic N) is 5. The second-order valence-electron chi connectivity index (χ2n) is 8.05. The van der Waals surface area contributed by atoms with Crippen molar-refractivity contribution >= 4 is 39.2 Å². The number of benzene rings is 1. The molecule has 0 bridgehead atoms. The number of hydrogen-bond donors (Lipinski definition) is 3. The highest BCUT2D eigenvalue weighted by Gasteiger charge is 2.34. The highest BCUT2D eigenvalue weighted by Crippen LogP contribution is 2.28. The second-order valence-corrected chi connectivity index (χ2v) is 9.15. The van der Waals surface area contributed by atoms with Gasteiger partial charge in [-0.25, -0.2) is 14.4 Å². The molecule has 0 saturated carbocycles. The first-order chi connectivity index (χ1) is 16.2. The van der Waals surface area contributed by atoms with Crippen LogP contribution in [0.3, 0.4) is 0 Å². The molecule has 0 fully saturated rings. The fourth-order valence-electron chi connectivity index (χ4n) is 3.82. The lowest BCUT2D eigenvalue weighted by atomic mass is 10.1. The average molecular weight is 465 g/mol. The molecule has 0 amide bonds. The summed E-state index contributed by atoms with van der Waals surface area (Å²) in [5, 5.41) is 8.72. The van der Waals surface area contributed by atoms with Crippen molar-refractivity contribution in [3.05, 3.63) is 59.9 Å². The molecule has 2 unspecified atom stereocenters. The molecule has 0 radical (unpaired) electrons.